The fourth-order valence-electron chi connectivity index (χ4n) is 2.14. The van der Waals surface area contributed by atoms with Gasteiger partial charge in [0.25, 0.3) is 0 Å². The third-order valence-corrected chi connectivity index (χ3v) is 3.78. The standard InChI is InChI=1S/C14H21ClN2O/c1-10-5-14(18-2)13(15)6-12(10)3-4-16-7-11-8-17-9-11/h5-6,11,16-17H,3-4,7-9H2,1-2H3. The Bertz CT molecular complexity index is 405. The Labute approximate surface area is 114 Å². The van der Waals surface area contributed by atoms with E-state index in [2.05, 4.69) is 17.6 Å². The number of aryl methyl sites for hydroxylation is 1. The minimum absolute atomic E-state index is 0.696. The van der Waals surface area contributed by atoms with E-state index in [0.717, 1.165) is 44.3 Å². The van der Waals surface area contributed by atoms with Gasteiger partial charge in [-0.3, -0.25) is 0 Å². The molecule has 0 amide bonds. The van der Waals surface area contributed by atoms with E-state index in [9.17, 15) is 0 Å². The van der Waals surface area contributed by atoms with Gasteiger partial charge in [0.05, 0.1) is 12.1 Å². The maximum absolute atomic E-state index is 6.14. The van der Waals surface area contributed by atoms with Crippen molar-refractivity contribution in [2.45, 2.75) is 13.3 Å². The lowest BCUT2D eigenvalue weighted by Crippen LogP contribution is -2.47. The molecule has 1 aliphatic heterocycles. The Balaban J connectivity index is 1.82. The minimum Gasteiger partial charge on any atom is -0.495 e. The van der Waals surface area contributed by atoms with Crippen LogP contribution in [0.5, 0.6) is 5.75 Å². The summed E-state index contributed by atoms with van der Waals surface area (Å²) in [6.45, 7) is 6.51. The molecule has 1 aromatic carbocycles. The Hall–Kier alpha value is -0.770. The van der Waals surface area contributed by atoms with E-state index in [1.54, 1.807) is 7.11 Å². The summed E-state index contributed by atoms with van der Waals surface area (Å²) in [5.41, 5.74) is 2.53. The zero-order chi connectivity index (χ0) is 13.0. The quantitative estimate of drug-likeness (QED) is 0.775. The largest absolute Gasteiger partial charge is 0.495 e. The molecule has 0 atom stereocenters. The number of rotatable bonds is 6. The summed E-state index contributed by atoms with van der Waals surface area (Å²) >= 11 is 6.14. The maximum atomic E-state index is 6.14. The van der Waals surface area contributed by atoms with Crippen LogP contribution in [-0.4, -0.2) is 33.3 Å². The van der Waals surface area contributed by atoms with Gasteiger partial charge in [0, 0.05) is 19.6 Å². The first kappa shape index (κ1) is 13.7. The maximum Gasteiger partial charge on any atom is 0.137 e. The van der Waals surface area contributed by atoms with Crippen molar-refractivity contribution in [3.8, 4) is 5.75 Å². The minimum atomic E-state index is 0.696. The van der Waals surface area contributed by atoms with Crippen LogP contribution in [-0.2, 0) is 6.42 Å². The molecule has 3 nitrogen and oxygen atoms in total. The van der Waals surface area contributed by atoms with Crippen molar-refractivity contribution in [3.63, 3.8) is 0 Å². The summed E-state index contributed by atoms with van der Waals surface area (Å²) in [5.74, 6) is 1.57. The first-order chi connectivity index (χ1) is 8.70. The lowest BCUT2D eigenvalue weighted by atomic mass is 10.0. The van der Waals surface area contributed by atoms with E-state index in [4.69, 9.17) is 16.3 Å². The first-order valence-corrected chi connectivity index (χ1v) is 6.83. The monoisotopic (exact) mass is 268 g/mol. The molecule has 4 heteroatoms. The van der Waals surface area contributed by atoms with Gasteiger partial charge in [-0.25, -0.2) is 0 Å². The van der Waals surface area contributed by atoms with E-state index >= 15 is 0 Å². The van der Waals surface area contributed by atoms with Gasteiger partial charge in [0.1, 0.15) is 5.75 Å². The van der Waals surface area contributed by atoms with Crippen LogP contribution < -0.4 is 15.4 Å². The molecule has 1 saturated heterocycles. The molecule has 1 aromatic rings. The van der Waals surface area contributed by atoms with E-state index in [1.807, 2.05) is 12.1 Å². The lowest BCUT2D eigenvalue weighted by Gasteiger charge is -2.27. The molecule has 0 spiro atoms. The van der Waals surface area contributed by atoms with E-state index in [-0.39, 0.29) is 0 Å². The fraction of sp³-hybridized carbons (Fsp3) is 0.571. The molecule has 1 fully saturated rings. The van der Waals surface area contributed by atoms with Gasteiger partial charge >= 0.3 is 0 Å². The van der Waals surface area contributed by atoms with Gasteiger partial charge in [-0.2, -0.15) is 0 Å². The second-order valence-corrected chi connectivity index (χ2v) is 5.30. The van der Waals surface area contributed by atoms with Crippen molar-refractivity contribution < 1.29 is 4.74 Å². The van der Waals surface area contributed by atoms with Crippen LogP contribution in [0, 0.1) is 12.8 Å². The van der Waals surface area contributed by atoms with Crippen LogP contribution in [0.4, 0.5) is 0 Å². The number of methoxy groups -OCH3 is 1. The van der Waals surface area contributed by atoms with Gasteiger partial charge < -0.3 is 15.4 Å². The highest BCUT2D eigenvalue weighted by Gasteiger charge is 2.15. The van der Waals surface area contributed by atoms with Crippen molar-refractivity contribution in [1.29, 1.82) is 0 Å². The molecule has 2 N–H and O–H groups in total. The number of benzene rings is 1. The fourth-order valence-corrected chi connectivity index (χ4v) is 2.41. The van der Waals surface area contributed by atoms with E-state index < -0.39 is 0 Å². The van der Waals surface area contributed by atoms with Crippen LogP contribution in [0.3, 0.4) is 0 Å². The summed E-state index contributed by atoms with van der Waals surface area (Å²) in [5, 5.41) is 7.47. The third kappa shape index (κ3) is 3.37. The van der Waals surface area contributed by atoms with Gasteiger partial charge in [0.15, 0.2) is 0 Å². The van der Waals surface area contributed by atoms with Crippen molar-refractivity contribution >= 4 is 11.6 Å². The molecule has 0 saturated carbocycles. The predicted octanol–water partition coefficient (Wildman–Crippen LogP) is 2.01. The summed E-state index contributed by atoms with van der Waals surface area (Å²) in [7, 11) is 1.65. The second kappa shape index (κ2) is 6.41. The Kier molecular flexibility index (Phi) is 4.87. The van der Waals surface area contributed by atoms with Gasteiger partial charge in [-0.15, -0.1) is 0 Å². The van der Waals surface area contributed by atoms with Crippen molar-refractivity contribution in [3.05, 3.63) is 28.3 Å². The lowest BCUT2D eigenvalue weighted by molar-refractivity contribution is 0.333. The molecule has 2 rings (SSSR count). The highest BCUT2D eigenvalue weighted by atomic mass is 35.5. The van der Waals surface area contributed by atoms with Crippen molar-refractivity contribution in [1.82, 2.24) is 10.6 Å². The van der Waals surface area contributed by atoms with Crippen LogP contribution in [0.2, 0.25) is 5.02 Å². The van der Waals surface area contributed by atoms with Gasteiger partial charge in [-0.1, -0.05) is 11.6 Å². The SMILES string of the molecule is COc1cc(C)c(CCNCC2CNC2)cc1Cl. The first-order valence-electron chi connectivity index (χ1n) is 6.45. The Morgan fingerprint density at radius 2 is 2.22 bits per heavy atom. The summed E-state index contributed by atoms with van der Waals surface area (Å²) in [6, 6.07) is 4.02. The molecular formula is C14H21ClN2O. The third-order valence-electron chi connectivity index (χ3n) is 3.48. The van der Waals surface area contributed by atoms with Crippen LogP contribution in [0.1, 0.15) is 11.1 Å². The molecule has 0 aliphatic carbocycles. The number of hydrogen-bond donors (Lipinski definition) is 2. The molecule has 1 aliphatic rings. The van der Waals surface area contributed by atoms with Gasteiger partial charge in [0.2, 0.25) is 0 Å². The van der Waals surface area contributed by atoms with E-state index in [1.165, 1.54) is 11.1 Å². The average molecular weight is 269 g/mol. The molecule has 0 aromatic heterocycles. The molecular weight excluding hydrogens is 248 g/mol. The zero-order valence-electron chi connectivity index (χ0n) is 11.1. The van der Waals surface area contributed by atoms with Crippen LogP contribution >= 0.6 is 11.6 Å². The van der Waals surface area contributed by atoms with Gasteiger partial charge in [-0.05, 0) is 49.1 Å². The van der Waals surface area contributed by atoms with Crippen molar-refractivity contribution in [2.75, 3.05) is 33.3 Å². The molecule has 0 bridgehead atoms. The molecule has 0 radical (unpaired) electrons. The molecule has 18 heavy (non-hydrogen) atoms. The molecule has 1 heterocycles. The Morgan fingerprint density at radius 1 is 1.44 bits per heavy atom. The van der Waals surface area contributed by atoms with Crippen LogP contribution in [0.15, 0.2) is 12.1 Å². The summed E-state index contributed by atoms with van der Waals surface area (Å²) in [4.78, 5) is 0. The van der Waals surface area contributed by atoms with E-state index in [0.29, 0.717) is 5.02 Å². The highest BCUT2D eigenvalue weighted by molar-refractivity contribution is 6.32. The summed E-state index contributed by atoms with van der Waals surface area (Å²) in [6.07, 6.45) is 1.01. The number of ether oxygens (including phenoxy) is 1. The predicted molar refractivity (Wildman–Crippen MR) is 75.7 cm³/mol. The second-order valence-electron chi connectivity index (χ2n) is 4.89. The highest BCUT2D eigenvalue weighted by Crippen LogP contribution is 2.27. The van der Waals surface area contributed by atoms with Crippen molar-refractivity contribution in [2.24, 2.45) is 5.92 Å². The average Bonchev–Trinajstić information content (AvgIpc) is 2.30. The normalized spacial score (nSPS) is 15.5. The molecule has 0 unspecified atom stereocenters. The topological polar surface area (TPSA) is 33.3 Å². The summed E-state index contributed by atoms with van der Waals surface area (Å²) < 4.78 is 5.21. The Morgan fingerprint density at radius 3 is 2.83 bits per heavy atom. The molecule has 100 valence electrons. The number of nitrogens with one attached hydrogen (secondary N) is 2. The number of halogens is 1. The van der Waals surface area contributed by atoms with Crippen LogP contribution in [0.25, 0.3) is 0 Å². The zero-order valence-corrected chi connectivity index (χ0v) is 11.8. The smallest absolute Gasteiger partial charge is 0.137 e. The number of hydrogen-bond acceptors (Lipinski definition) is 3.